The Morgan fingerprint density at radius 2 is 1.87 bits per heavy atom. The molecule has 0 bridgehead atoms. The second-order valence-corrected chi connectivity index (χ2v) is 3.22. The summed E-state index contributed by atoms with van der Waals surface area (Å²) in [7, 11) is 1.62. The van der Waals surface area contributed by atoms with Crippen molar-refractivity contribution in [2.24, 2.45) is 0 Å². The third-order valence-electron chi connectivity index (χ3n) is 1.90. The summed E-state index contributed by atoms with van der Waals surface area (Å²) in [4.78, 5) is 22.8. The van der Waals surface area contributed by atoms with Gasteiger partial charge in [0.15, 0.2) is 0 Å². The Hall–Kier alpha value is -1.36. The maximum atomic E-state index is 11.2. The average molecular weight is 215 g/mol. The van der Waals surface area contributed by atoms with E-state index in [-0.39, 0.29) is 12.5 Å². The van der Waals surface area contributed by atoms with Gasteiger partial charge in [0.25, 0.3) is 0 Å². The molecule has 0 radical (unpaired) electrons. The first-order chi connectivity index (χ1) is 7.07. The fraction of sp³-hybridized carbons (Fsp3) is 0.600. The second-order valence-electron chi connectivity index (χ2n) is 3.22. The zero-order chi connectivity index (χ0) is 11.7. The highest BCUT2D eigenvalue weighted by Crippen LogP contribution is 1.97. The fourth-order valence-corrected chi connectivity index (χ4v) is 1.02. The van der Waals surface area contributed by atoms with Crippen LogP contribution in [-0.2, 0) is 9.59 Å². The molecule has 0 spiro atoms. The summed E-state index contributed by atoms with van der Waals surface area (Å²) in [6.07, 6.45) is 4.26. The molecule has 0 unspecified atom stereocenters. The first-order valence-electron chi connectivity index (χ1n) is 4.85. The van der Waals surface area contributed by atoms with Gasteiger partial charge in [-0.1, -0.05) is 0 Å². The van der Waals surface area contributed by atoms with Crippen molar-refractivity contribution in [3.05, 3.63) is 12.2 Å². The molecule has 0 aromatic carbocycles. The minimum absolute atomic E-state index is 0.163. The van der Waals surface area contributed by atoms with Crippen molar-refractivity contribution in [2.75, 3.05) is 20.2 Å². The number of unbranched alkanes of at least 4 members (excludes halogenated alkanes) is 2. The van der Waals surface area contributed by atoms with Gasteiger partial charge < -0.3 is 15.1 Å². The van der Waals surface area contributed by atoms with E-state index >= 15 is 0 Å². The number of carboxylic acids is 1. The molecule has 0 rings (SSSR count). The van der Waals surface area contributed by atoms with Crippen LogP contribution in [0.2, 0.25) is 0 Å². The Balaban J connectivity index is 3.74. The molecule has 5 heteroatoms. The third kappa shape index (κ3) is 7.69. The van der Waals surface area contributed by atoms with Crippen molar-refractivity contribution in [1.29, 1.82) is 0 Å². The summed E-state index contributed by atoms with van der Waals surface area (Å²) in [6.45, 7) is 0.735. The zero-order valence-corrected chi connectivity index (χ0v) is 8.85. The molecule has 0 fully saturated rings. The van der Waals surface area contributed by atoms with E-state index in [1.165, 1.54) is 4.90 Å². The highest BCUT2D eigenvalue weighted by atomic mass is 16.4. The third-order valence-corrected chi connectivity index (χ3v) is 1.90. The highest BCUT2D eigenvalue weighted by molar-refractivity contribution is 5.93. The van der Waals surface area contributed by atoms with Gasteiger partial charge in [0.1, 0.15) is 0 Å². The van der Waals surface area contributed by atoms with E-state index in [0.717, 1.165) is 31.4 Å². The normalized spacial score (nSPS) is 10.5. The predicted molar refractivity (Wildman–Crippen MR) is 55.3 cm³/mol. The first-order valence-corrected chi connectivity index (χ1v) is 4.85. The molecule has 0 aromatic rings. The molecule has 5 nitrogen and oxygen atoms in total. The zero-order valence-electron chi connectivity index (χ0n) is 8.85. The van der Waals surface area contributed by atoms with Gasteiger partial charge in [-0.15, -0.1) is 0 Å². The molecule has 2 N–H and O–H groups in total. The fourth-order valence-electron chi connectivity index (χ4n) is 1.02. The number of likely N-dealkylation sites (N-methyl/N-ethyl adjacent to an activating group) is 1. The van der Waals surface area contributed by atoms with E-state index in [9.17, 15) is 9.59 Å². The Morgan fingerprint density at radius 3 is 2.40 bits per heavy atom. The van der Waals surface area contributed by atoms with Gasteiger partial charge in [-0.05, 0) is 19.3 Å². The van der Waals surface area contributed by atoms with Crippen molar-refractivity contribution in [3.8, 4) is 0 Å². The summed E-state index contributed by atoms with van der Waals surface area (Å²) in [5.74, 6) is -1.45. The van der Waals surface area contributed by atoms with Crippen LogP contribution < -0.4 is 0 Å². The molecule has 86 valence electrons. The van der Waals surface area contributed by atoms with Crippen LogP contribution in [0.1, 0.15) is 19.3 Å². The van der Waals surface area contributed by atoms with Gasteiger partial charge in [0, 0.05) is 32.4 Å². The minimum Gasteiger partial charge on any atom is -0.478 e. The molecule has 0 saturated carbocycles. The van der Waals surface area contributed by atoms with Crippen LogP contribution in [0.5, 0.6) is 0 Å². The van der Waals surface area contributed by atoms with Gasteiger partial charge in [-0.25, -0.2) is 4.79 Å². The van der Waals surface area contributed by atoms with Crippen LogP contribution in [0.15, 0.2) is 12.2 Å². The smallest absolute Gasteiger partial charge is 0.328 e. The quantitative estimate of drug-likeness (QED) is 0.471. The number of carbonyl (C=O) groups excluding carboxylic acids is 1. The molecule has 0 aliphatic carbocycles. The molecular weight excluding hydrogens is 198 g/mol. The number of rotatable bonds is 7. The maximum absolute atomic E-state index is 11.2. The van der Waals surface area contributed by atoms with Gasteiger partial charge in [0.2, 0.25) is 5.91 Å². The Labute approximate surface area is 89.0 Å². The van der Waals surface area contributed by atoms with Crippen LogP contribution >= 0.6 is 0 Å². The van der Waals surface area contributed by atoms with E-state index in [2.05, 4.69) is 0 Å². The second kappa shape index (κ2) is 7.99. The van der Waals surface area contributed by atoms with Gasteiger partial charge >= 0.3 is 5.97 Å². The lowest BCUT2D eigenvalue weighted by atomic mass is 10.2. The van der Waals surface area contributed by atoms with Gasteiger partial charge in [-0.2, -0.15) is 0 Å². The molecule has 0 heterocycles. The number of carbonyl (C=O) groups is 2. The minimum atomic E-state index is -1.13. The van der Waals surface area contributed by atoms with E-state index in [1.54, 1.807) is 7.05 Å². The number of amides is 1. The van der Waals surface area contributed by atoms with E-state index in [4.69, 9.17) is 10.2 Å². The van der Waals surface area contributed by atoms with Crippen LogP contribution in [-0.4, -0.2) is 47.2 Å². The van der Waals surface area contributed by atoms with Crippen molar-refractivity contribution in [2.45, 2.75) is 19.3 Å². The molecule has 0 aliphatic rings. The average Bonchev–Trinajstić information content (AvgIpc) is 2.20. The lowest BCUT2D eigenvalue weighted by Crippen LogP contribution is -2.26. The number of carboxylic acid groups (broad SMARTS) is 1. The number of aliphatic hydroxyl groups is 1. The SMILES string of the molecule is CN(CCCCCO)C(=O)/C=C/C(=O)O. The standard InChI is InChI=1S/C10H17NO4/c1-11(7-3-2-4-8-12)9(13)5-6-10(14)15/h5-6,12H,2-4,7-8H2,1H3,(H,14,15)/b6-5+. The molecular formula is C10H17NO4. The lowest BCUT2D eigenvalue weighted by molar-refractivity contribution is -0.132. The van der Waals surface area contributed by atoms with Crippen molar-refractivity contribution in [1.82, 2.24) is 4.90 Å². The summed E-state index contributed by atoms with van der Waals surface area (Å²) < 4.78 is 0. The van der Waals surface area contributed by atoms with Gasteiger partial charge in [0.05, 0.1) is 0 Å². The summed E-state index contributed by atoms with van der Waals surface area (Å²) >= 11 is 0. The summed E-state index contributed by atoms with van der Waals surface area (Å²) in [5, 5.41) is 16.8. The van der Waals surface area contributed by atoms with Crippen LogP contribution in [0.3, 0.4) is 0 Å². The number of hydrogen-bond acceptors (Lipinski definition) is 3. The Bertz CT molecular complexity index is 238. The van der Waals surface area contributed by atoms with E-state index in [0.29, 0.717) is 6.54 Å². The molecule has 1 amide bonds. The first kappa shape index (κ1) is 13.6. The number of hydrogen-bond donors (Lipinski definition) is 2. The van der Waals surface area contributed by atoms with Crippen molar-refractivity contribution >= 4 is 11.9 Å². The number of aliphatic hydroxyl groups excluding tert-OH is 1. The molecule has 0 saturated heterocycles. The van der Waals surface area contributed by atoms with E-state index in [1.807, 2.05) is 0 Å². The lowest BCUT2D eigenvalue weighted by Gasteiger charge is -2.14. The van der Waals surface area contributed by atoms with E-state index < -0.39 is 5.97 Å². The Morgan fingerprint density at radius 1 is 1.20 bits per heavy atom. The largest absolute Gasteiger partial charge is 0.478 e. The van der Waals surface area contributed by atoms with Crippen LogP contribution in [0.25, 0.3) is 0 Å². The molecule has 0 atom stereocenters. The van der Waals surface area contributed by atoms with Gasteiger partial charge in [-0.3, -0.25) is 4.79 Å². The van der Waals surface area contributed by atoms with Crippen molar-refractivity contribution < 1.29 is 19.8 Å². The molecule has 0 aliphatic heterocycles. The van der Waals surface area contributed by atoms with Crippen molar-refractivity contribution in [3.63, 3.8) is 0 Å². The predicted octanol–water partition coefficient (Wildman–Crippen LogP) is 0.248. The molecule has 15 heavy (non-hydrogen) atoms. The topological polar surface area (TPSA) is 77.8 Å². The van der Waals surface area contributed by atoms with Crippen LogP contribution in [0, 0.1) is 0 Å². The molecule has 0 aromatic heterocycles. The maximum Gasteiger partial charge on any atom is 0.328 e. The highest BCUT2D eigenvalue weighted by Gasteiger charge is 2.04. The monoisotopic (exact) mass is 215 g/mol. The van der Waals surface area contributed by atoms with Crippen LogP contribution in [0.4, 0.5) is 0 Å². The summed E-state index contributed by atoms with van der Waals surface area (Å²) in [6, 6.07) is 0. The number of aliphatic carboxylic acids is 1. The summed E-state index contributed by atoms with van der Waals surface area (Å²) in [5.41, 5.74) is 0. The Kier molecular flexibility index (Phi) is 7.27. The number of nitrogens with zero attached hydrogens (tertiary/aromatic N) is 1.